The van der Waals surface area contributed by atoms with E-state index in [1.165, 1.54) is 0 Å². The Kier molecular flexibility index (Phi) is 4.71. The van der Waals surface area contributed by atoms with Gasteiger partial charge in [-0.3, -0.25) is 0 Å². The number of rotatable bonds is 3. The van der Waals surface area contributed by atoms with Crippen molar-refractivity contribution in [2.45, 2.75) is 6.92 Å². The van der Waals surface area contributed by atoms with Crippen LogP contribution in [0, 0.1) is 6.92 Å². The van der Waals surface area contributed by atoms with E-state index in [9.17, 15) is 9.59 Å². The molecule has 0 amide bonds. The van der Waals surface area contributed by atoms with Gasteiger partial charge >= 0.3 is 11.6 Å². The number of esters is 1. The second-order valence-electron chi connectivity index (χ2n) is 7.10. The largest absolute Gasteiger partial charge is 0.449 e. The van der Waals surface area contributed by atoms with Crippen LogP contribution in [0.5, 0.6) is 5.75 Å². The van der Waals surface area contributed by atoms with Crippen molar-refractivity contribution in [3.8, 4) is 16.9 Å². The number of benzene rings is 3. The van der Waals surface area contributed by atoms with E-state index in [1.54, 1.807) is 30.3 Å². The maximum atomic E-state index is 12.6. The van der Waals surface area contributed by atoms with Crippen LogP contribution in [-0.2, 0) is 0 Å². The van der Waals surface area contributed by atoms with Crippen molar-refractivity contribution >= 4 is 43.8 Å². The maximum absolute atomic E-state index is 12.6. The number of ether oxygens (including phenoxy) is 1. The molecule has 0 aliphatic rings. The number of furan rings is 1. The molecule has 2 aromatic heterocycles. The van der Waals surface area contributed by atoms with Crippen LogP contribution < -0.4 is 10.4 Å². The minimum absolute atomic E-state index is 0.106. The van der Waals surface area contributed by atoms with Gasteiger partial charge in [-0.1, -0.05) is 46.3 Å². The highest BCUT2D eigenvalue weighted by Gasteiger charge is 2.17. The molecule has 0 radical (unpaired) electrons. The van der Waals surface area contributed by atoms with Crippen molar-refractivity contribution in [2.24, 2.45) is 0 Å². The predicted molar refractivity (Wildman–Crippen MR) is 122 cm³/mol. The molecule has 0 saturated heterocycles. The van der Waals surface area contributed by atoms with Crippen molar-refractivity contribution < 1.29 is 18.4 Å². The summed E-state index contributed by atoms with van der Waals surface area (Å²) in [7, 11) is 0. The molecule has 3 aromatic carbocycles. The Hall–Kier alpha value is -3.64. The third-order valence-electron chi connectivity index (χ3n) is 5.09. The molecule has 5 nitrogen and oxygen atoms in total. The van der Waals surface area contributed by atoms with Gasteiger partial charge in [0.1, 0.15) is 16.9 Å². The summed E-state index contributed by atoms with van der Waals surface area (Å²) in [5, 5.41) is 1.49. The summed E-state index contributed by atoms with van der Waals surface area (Å²) in [4.78, 5) is 25.2. The molecule has 0 spiro atoms. The van der Waals surface area contributed by atoms with Gasteiger partial charge in [-0.15, -0.1) is 0 Å². The van der Waals surface area contributed by atoms with Gasteiger partial charge in [0.05, 0.1) is 5.56 Å². The van der Waals surface area contributed by atoms with Gasteiger partial charge in [0.2, 0.25) is 5.76 Å². The van der Waals surface area contributed by atoms with E-state index >= 15 is 0 Å². The van der Waals surface area contributed by atoms with E-state index in [-0.39, 0.29) is 5.76 Å². The smallest absolute Gasteiger partial charge is 0.379 e. The molecule has 0 aliphatic heterocycles. The molecule has 0 unspecified atom stereocenters. The standard InChI is InChI=1S/C25H15BrO5/c1-14-19-13-18(29-24(27)22-12-16-11-17(26)7-9-20(16)30-22)8-10-21(19)31-25(28)23(14)15-5-3-2-4-6-15/h2-13H,1H3. The summed E-state index contributed by atoms with van der Waals surface area (Å²) in [6.07, 6.45) is 0. The Morgan fingerprint density at radius 3 is 2.48 bits per heavy atom. The van der Waals surface area contributed by atoms with E-state index in [1.807, 2.05) is 49.4 Å². The summed E-state index contributed by atoms with van der Waals surface area (Å²) >= 11 is 3.40. The Labute approximate surface area is 185 Å². The number of carbonyl (C=O) groups excluding carboxylic acids is 1. The first-order valence-electron chi connectivity index (χ1n) is 9.54. The maximum Gasteiger partial charge on any atom is 0.379 e. The van der Waals surface area contributed by atoms with Crippen LogP contribution in [0.4, 0.5) is 0 Å². The molecule has 0 aliphatic carbocycles. The topological polar surface area (TPSA) is 69.7 Å². The number of carbonyl (C=O) groups is 1. The minimum Gasteiger partial charge on any atom is -0.449 e. The number of hydrogen-bond donors (Lipinski definition) is 0. The molecule has 0 fully saturated rings. The summed E-state index contributed by atoms with van der Waals surface area (Å²) in [6.45, 7) is 1.85. The fourth-order valence-electron chi connectivity index (χ4n) is 3.60. The Morgan fingerprint density at radius 2 is 1.68 bits per heavy atom. The average Bonchev–Trinajstić information content (AvgIpc) is 3.18. The lowest BCUT2D eigenvalue weighted by Crippen LogP contribution is -2.08. The van der Waals surface area contributed by atoms with Crippen LogP contribution >= 0.6 is 15.9 Å². The van der Waals surface area contributed by atoms with Crippen molar-refractivity contribution in [3.05, 3.63) is 99.0 Å². The lowest BCUT2D eigenvalue weighted by Gasteiger charge is -2.09. The summed E-state index contributed by atoms with van der Waals surface area (Å²) < 4.78 is 17.5. The van der Waals surface area contributed by atoms with Crippen molar-refractivity contribution in [1.29, 1.82) is 0 Å². The normalized spacial score (nSPS) is 11.2. The zero-order chi connectivity index (χ0) is 21.5. The minimum atomic E-state index is -0.606. The Morgan fingerprint density at radius 1 is 0.903 bits per heavy atom. The predicted octanol–water partition coefficient (Wildman–Crippen LogP) is 6.50. The van der Waals surface area contributed by atoms with Gasteiger partial charge in [-0.05, 0) is 60.5 Å². The first-order chi connectivity index (χ1) is 15.0. The molecule has 0 bridgehead atoms. The Bertz CT molecular complexity index is 1510. The summed E-state index contributed by atoms with van der Waals surface area (Å²) in [6, 6.07) is 21.3. The second-order valence-corrected chi connectivity index (χ2v) is 8.01. The molecule has 0 atom stereocenters. The highest BCUT2D eigenvalue weighted by atomic mass is 79.9. The summed E-state index contributed by atoms with van der Waals surface area (Å²) in [5.74, 6) is -0.172. The van der Waals surface area contributed by atoms with Gasteiger partial charge in [0, 0.05) is 15.2 Å². The molecule has 5 aromatic rings. The van der Waals surface area contributed by atoms with E-state index in [4.69, 9.17) is 13.6 Å². The SMILES string of the molecule is Cc1c(-c2ccccc2)c(=O)oc2ccc(OC(=O)c3cc4cc(Br)ccc4o3)cc12. The van der Waals surface area contributed by atoms with Crippen LogP contribution in [0.25, 0.3) is 33.1 Å². The molecule has 0 saturated carbocycles. The van der Waals surface area contributed by atoms with Crippen LogP contribution in [0.15, 0.2) is 90.9 Å². The van der Waals surface area contributed by atoms with Gasteiger partial charge in [-0.25, -0.2) is 9.59 Å². The number of fused-ring (bicyclic) bond motifs is 2. The van der Waals surface area contributed by atoms with Gasteiger partial charge in [0.25, 0.3) is 0 Å². The second kappa shape index (κ2) is 7.56. The molecule has 31 heavy (non-hydrogen) atoms. The molecular formula is C25H15BrO5. The summed E-state index contributed by atoms with van der Waals surface area (Å²) in [5.41, 5.74) is 2.62. The van der Waals surface area contributed by atoms with E-state index in [2.05, 4.69) is 15.9 Å². The van der Waals surface area contributed by atoms with E-state index < -0.39 is 11.6 Å². The number of aryl methyl sites for hydroxylation is 1. The lowest BCUT2D eigenvalue weighted by atomic mass is 9.99. The molecule has 6 heteroatoms. The highest BCUT2D eigenvalue weighted by molar-refractivity contribution is 9.10. The van der Waals surface area contributed by atoms with Crippen LogP contribution in [-0.4, -0.2) is 5.97 Å². The van der Waals surface area contributed by atoms with E-state index in [0.717, 1.165) is 21.0 Å². The van der Waals surface area contributed by atoms with Crippen molar-refractivity contribution in [3.63, 3.8) is 0 Å². The van der Waals surface area contributed by atoms with Gasteiger partial charge in [0.15, 0.2) is 0 Å². The molecule has 0 N–H and O–H groups in total. The van der Waals surface area contributed by atoms with Crippen LogP contribution in [0.3, 0.4) is 0 Å². The molecule has 5 rings (SSSR count). The van der Waals surface area contributed by atoms with Crippen LogP contribution in [0.1, 0.15) is 16.1 Å². The zero-order valence-corrected chi connectivity index (χ0v) is 17.9. The van der Waals surface area contributed by atoms with E-state index in [0.29, 0.717) is 27.9 Å². The average molecular weight is 475 g/mol. The fraction of sp³-hybridized carbons (Fsp3) is 0.0400. The number of halogens is 1. The molecule has 152 valence electrons. The fourth-order valence-corrected chi connectivity index (χ4v) is 3.98. The van der Waals surface area contributed by atoms with Crippen molar-refractivity contribution in [1.82, 2.24) is 0 Å². The lowest BCUT2D eigenvalue weighted by molar-refractivity contribution is 0.0704. The first kappa shape index (κ1) is 19.3. The third kappa shape index (κ3) is 3.55. The molecule has 2 heterocycles. The van der Waals surface area contributed by atoms with Gasteiger partial charge < -0.3 is 13.6 Å². The Balaban J connectivity index is 1.53. The van der Waals surface area contributed by atoms with Crippen LogP contribution in [0.2, 0.25) is 0 Å². The van der Waals surface area contributed by atoms with Gasteiger partial charge in [-0.2, -0.15) is 0 Å². The van der Waals surface area contributed by atoms with Crippen molar-refractivity contribution in [2.75, 3.05) is 0 Å². The molecular weight excluding hydrogens is 460 g/mol. The third-order valence-corrected chi connectivity index (χ3v) is 5.58. The first-order valence-corrected chi connectivity index (χ1v) is 10.3. The number of hydrogen-bond acceptors (Lipinski definition) is 5. The monoisotopic (exact) mass is 474 g/mol. The quantitative estimate of drug-likeness (QED) is 0.169. The highest BCUT2D eigenvalue weighted by Crippen LogP contribution is 2.30. The zero-order valence-electron chi connectivity index (χ0n) is 16.3.